The number of nitrogens with zero attached hydrogens (tertiary/aromatic N) is 3. The monoisotopic (exact) mass is 482 g/mol. The predicted molar refractivity (Wildman–Crippen MR) is 132 cm³/mol. The van der Waals surface area contributed by atoms with Gasteiger partial charge >= 0.3 is 5.97 Å². The fourth-order valence-corrected chi connectivity index (χ4v) is 3.94. The summed E-state index contributed by atoms with van der Waals surface area (Å²) in [6.07, 6.45) is -0.302. The van der Waals surface area contributed by atoms with Crippen LogP contribution in [0.3, 0.4) is 0 Å². The molecule has 0 spiro atoms. The zero-order valence-electron chi connectivity index (χ0n) is 20.1. The average Bonchev–Trinajstić information content (AvgIpc) is 3.19. The van der Waals surface area contributed by atoms with Crippen LogP contribution in [0.5, 0.6) is 5.75 Å². The number of rotatable bonds is 10. The number of nitrogens with one attached hydrogen (secondary N) is 1. The van der Waals surface area contributed by atoms with Crippen molar-refractivity contribution in [2.75, 3.05) is 17.7 Å². The van der Waals surface area contributed by atoms with E-state index in [1.54, 1.807) is 31.2 Å². The molecule has 1 aromatic heterocycles. The second kappa shape index (κ2) is 11.7. The second-order valence-corrected chi connectivity index (χ2v) is 8.96. The van der Waals surface area contributed by atoms with E-state index in [9.17, 15) is 9.59 Å². The molecule has 0 saturated heterocycles. The van der Waals surface area contributed by atoms with Crippen LogP contribution in [-0.4, -0.2) is 39.0 Å². The van der Waals surface area contributed by atoms with Crippen LogP contribution < -0.4 is 10.1 Å². The van der Waals surface area contributed by atoms with E-state index in [0.717, 1.165) is 5.75 Å². The van der Waals surface area contributed by atoms with Gasteiger partial charge in [0.2, 0.25) is 5.91 Å². The summed E-state index contributed by atoms with van der Waals surface area (Å²) in [5, 5.41) is 11.9. The van der Waals surface area contributed by atoms with Gasteiger partial charge in [0.15, 0.2) is 17.1 Å². The summed E-state index contributed by atoms with van der Waals surface area (Å²) in [6, 6.07) is 14.6. The van der Waals surface area contributed by atoms with E-state index >= 15 is 0 Å². The highest BCUT2D eigenvalue weighted by Crippen LogP contribution is 2.25. The highest BCUT2D eigenvalue weighted by atomic mass is 32.2. The Morgan fingerprint density at radius 1 is 1.03 bits per heavy atom. The Bertz CT molecular complexity index is 1110. The molecular weight excluding hydrogens is 452 g/mol. The number of hydrogen-bond acceptors (Lipinski definition) is 7. The number of ether oxygens (including phenoxy) is 2. The molecule has 180 valence electrons. The first-order chi connectivity index (χ1) is 16.3. The van der Waals surface area contributed by atoms with Crippen molar-refractivity contribution < 1.29 is 19.1 Å². The predicted octanol–water partition coefficient (Wildman–Crippen LogP) is 4.99. The fraction of sp³-hybridized carbons (Fsp3) is 0.360. The summed E-state index contributed by atoms with van der Waals surface area (Å²) in [5.74, 6) is 1.49. The maximum Gasteiger partial charge on any atom is 0.338 e. The van der Waals surface area contributed by atoms with Crippen molar-refractivity contribution in [3.63, 3.8) is 0 Å². The number of amides is 1. The quantitative estimate of drug-likeness (QED) is 0.321. The van der Waals surface area contributed by atoms with E-state index < -0.39 is 0 Å². The molecule has 0 aliphatic rings. The van der Waals surface area contributed by atoms with Gasteiger partial charge in [0.1, 0.15) is 5.75 Å². The van der Waals surface area contributed by atoms with Gasteiger partial charge in [-0.3, -0.25) is 4.79 Å². The van der Waals surface area contributed by atoms with Crippen LogP contribution in [0.2, 0.25) is 0 Å². The summed E-state index contributed by atoms with van der Waals surface area (Å²) >= 11 is 1.29. The summed E-state index contributed by atoms with van der Waals surface area (Å²) in [6.45, 7) is 8.29. The van der Waals surface area contributed by atoms with Crippen molar-refractivity contribution in [1.82, 2.24) is 14.8 Å². The van der Waals surface area contributed by atoms with Crippen molar-refractivity contribution in [2.24, 2.45) is 7.05 Å². The van der Waals surface area contributed by atoms with Gasteiger partial charge in [-0.15, -0.1) is 10.2 Å². The normalized spacial score (nSPS) is 11.8. The topological polar surface area (TPSA) is 95.3 Å². The lowest BCUT2D eigenvalue weighted by Gasteiger charge is -2.15. The van der Waals surface area contributed by atoms with E-state index in [4.69, 9.17) is 9.47 Å². The Morgan fingerprint density at radius 3 is 2.32 bits per heavy atom. The Balaban J connectivity index is 1.53. The minimum atomic E-state index is -0.389. The number of carbonyl (C=O) groups is 2. The molecule has 8 nitrogen and oxygen atoms in total. The molecule has 0 aliphatic carbocycles. The van der Waals surface area contributed by atoms with Gasteiger partial charge < -0.3 is 19.4 Å². The lowest BCUT2D eigenvalue weighted by atomic mass is 10.0. The molecule has 3 rings (SSSR count). The van der Waals surface area contributed by atoms with E-state index in [1.807, 2.05) is 30.7 Å². The van der Waals surface area contributed by atoms with Crippen LogP contribution in [0.15, 0.2) is 53.7 Å². The summed E-state index contributed by atoms with van der Waals surface area (Å²) in [4.78, 5) is 24.1. The summed E-state index contributed by atoms with van der Waals surface area (Å²) < 4.78 is 12.8. The molecule has 2 aromatic carbocycles. The first kappa shape index (κ1) is 25.3. The molecule has 0 bridgehead atoms. The molecule has 0 saturated carbocycles. The van der Waals surface area contributed by atoms with E-state index in [-0.39, 0.29) is 23.7 Å². The van der Waals surface area contributed by atoms with Crippen LogP contribution in [0.1, 0.15) is 61.5 Å². The van der Waals surface area contributed by atoms with Crippen molar-refractivity contribution in [3.05, 3.63) is 65.5 Å². The van der Waals surface area contributed by atoms with Gasteiger partial charge in [-0.25, -0.2) is 4.79 Å². The summed E-state index contributed by atoms with van der Waals surface area (Å²) in [5.41, 5.74) is 2.29. The minimum absolute atomic E-state index is 0.164. The smallest absolute Gasteiger partial charge is 0.338 e. The highest BCUT2D eigenvalue weighted by molar-refractivity contribution is 7.99. The van der Waals surface area contributed by atoms with Gasteiger partial charge in [-0.05, 0) is 61.7 Å². The minimum Gasteiger partial charge on any atom is -0.483 e. The summed E-state index contributed by atoms with van der Waals surface area (Å²) in [7, 11) is 1.85. The van der Waals surface area contributed by atoms with Crippen molar-refractivity contribution in [1.29, 1.82) is 0 Å². The number of thioether (sulfide) groups is 1. The first-order valence-corrected chi connectivity index (χ1v) is 12.1. The zero-order chi connectivity index (χ0) is 24.7. The highest BCUT2D eigenvalue weighted by Gasteiger charge is 2.18. The third-order valence-electron chi connectivity index (χ3n) is 5.10. The largest absolute Gasteiger partial charge is 0.483 e. The molecule has 1 atom stereocenters. The molecule has 3 aromatic rings. The molecule has 0 fully saturated rings. The van der Waals surface area contributed by atoms with Crippen molar-refractivity contribution in [3.8, 4) is 5.75 Å². The SMILES string of the molecule is CCOC(=O)c1ccc(NC(=O)CSc2nnc(C(C)Oc3ccc(C(C)C)cc3)n2C)cc1. The first-order valence-electron chi connectivity index (χ1n) is 11.1. The zero-order valence-corrected chi connectivity index (χ0v) is 20.9. The number of esters is 1. The third-order valence-corrected chi connectivity index (χ3v) is 6.12. The molecule has 1 unspecified atom stereocenters. The average molecular weight is 483 g/mol. The maximum absolute atomic E-state index is 12.4. The number of hydrogen-bond donors (Lipinski definition) is 1. The fourth-order valence-electron chi connectivity index (χ4n) is 3.23. The van der Waals surface area contributed by atoms with Gasteiger partial charge in [0.25, 0.3) is 0 Å². The van der Waals surface area contributed by atoms with Crippen LogP contribution >= 0.6 is 11.8 Å². The Kier molecular flexibility index (Phi) is 8.70. The van der Waals surface area contributed by atoms with Crippen LogP contribution in [0.25, 0.3) is 0 Å². The molecular formula is C25H30N4O4S. The lowest BCUT2D eigenvalue weighted by molar-refractivity contribution is -0.113. The van der Waals surface area contributed by atoms with E-state index in [1.165, 1.54) is 17.3 Å². The van der Waals surface area contributed by atoms with Crippen molar-refractivity contribution in [2.45, 2.75) is 44.9 Å². The number of anilines is 1. The molecule has 1 N–H and O–H groups in total. The van der Waals surface area contributed by atoms with Gasteiger partial charge in [-0.2, -0.15) is 0 Å². The van der Waals surface area contributed by atoms with Crippen LogP contribution in [0, 0.1) is 0 Å². The number of carbonyl (C=O) groups excluding carboxylic acids is 2. The maximum atomic E-state index is 12.4. The molecule has 0 radical (unpaired) electrons. The van der Waals surface area contributed by atoms with Gasteiger partial charge in [0.05, 0.1) is 17.9 Å². The Hall–Kier alpha value is -3.33. The van der Waals surface area contributed by atoms with E-state index in [0.29, 0.717) is 34.8 Å². The Morgan fingerprint density at radius 2 is 1.71 bits per heavy atom. The van der Waals surface area contributed by atoms with Crippen molar-refractivity contribution >= 4 is 29.3 Å². The van der Waals surface area contributed by atoms with Crippen LogP contribution in [-0.2, 0) is 16.6 Å². The molecule has 1 amide bonds. The van der Waals surface area contributed by atoms with Gasteiger partial charge in [0, 0.05) is 12.7 Å². The standard InChI is InChI=1S/C25H30N4O4S/c1-6-32-24(31)19-7-11-20(12-8-19)26-22(30)15-34-25-28-27-23(29(25)5)17(4)33-21-13-9-18(10-14-21)16(2)3/h7-14,16-17H,6,15H2,1-5H3,(H,26,30). The second-order valence-electron chi connectivity index (χ2n) is 8.02. The van der Waals surface area contributed by atoms with E-state index in [2.05, 4.69) is 41.5 Å². The molecule has 1 heterocycles. The molecule has 9 heteroatoms. The Labute approximate surface area is 204 Å². The van der Waals surface area contributed by atoms with Crippen LogP contribution in [0.4, 0.5) is 5.69 Å². The molecule has 0 aliphatic heterocycles. The van der Waals surface area contributed by atoms with Gasteiger partial charge in [-0.1, -0.05) is 37.7 Å². The third kappa shape index (κ3) is 6.60. The number of aromatic nitrogens is 3. The molecule has 34 heavy (non-hydrogen) atoms. The number of benzene rings is 2. The lowest BCUT2D eigenvalue weighted by Crippen LogP contribution is -2.15.